The van der Waals surface area contributed by atoms with Crippen LogP contribution in [0.15, 0.2) is 28.7 Å². The number of carboxylic acid groups (broad SMARTS) is 1. The summed E-state index contributed by atoms with van der Waals surface area (Å²) in [5, 5.41) is 13.8. The van der Waals surface area contributed by atoms with E-state index in [-0.39, 0.29) is 28.9 Å². The van der Waals surface area contributed by atoms with Crippen LogP contribution in [0, 0.1) is 5.82 Å². The molecule has 2 rings (SSSR count). The first kappa shape index (κ1) is 23.1. The Morgan fingerprint density at radius 3 is 2.77 bits per heavy atom. The molecule has 7 N–H and O–H groups in total. The van der Waals surface area contributed by atoms with Gasteiger partial charge in [0.15, 0.2) is 11.7 Å². The minimum absolute atomic E-state index is 0.00113. The van der Waals surface area contributed by atoms with Gasteiger partial charge in [-0.25, -0.2) is 19.2 Å². The Bertz CT molecular complexity index is 984. The number of anilines is 3. The lowest BCUT2D eigenvalue weighted by Gasteiger charge is -2.25. The van der Waals surface area contributed by atoms with Gasteiger partial charge in [0, 0.05) is 19.2 Å². The van der Waals surface area contributed by atoms with Crippen molar-refractivity contribution in [3.05, 3.63) is 35.2 Å². The third-order valence-corrected chi connectivity index (χ3v) is 5.01. The fraction of sp³-hybridized carbons (Fsp3) is 0.200. The minimum atomic E-state index is -2.96. The zero-order chi connectivity index (χ0) is 22.3. The van der Waals surface area contributed by atoms with Crippen molar-refractivity contribution >= 4 is 56.8 Å². The molecule has 0 spiro atoms. The predicted octanol–water partition coefficient (Wildman–Crippen LogP) is -0.286. The number of rotatable bonds is 9. The third-order valence-electron chi connectivity index (χ3n) is 3.39. The van der Waals surface area contributed by atoms with Crippen molar-refractivity contribution in [3.63, 3.8) is 0 Å². The number of carboxylic acids is 1. The lowest BCUT2D eigenvalue weighted by molar-refractivity contribution is -0.114. The van der Waals surface area contributed by atoms with Gasteiger partial charge in [0.2, 0.25) is 5.91 Å². The molecule has 1 aromatic carbocycles. The number of nitrogens with two attached hydrogens (primary N) is 2. The molecule has 0 bridgehead atoms. The number of hydrogen-bond acceptors (Lipinski definition) is 8. The van der Waals surface area contributed by atoms with E-state index >= 15 is 0 Å². The normalized spacial score (nSPS) is 12.3. The number of nitrogens with zero attached hydrogens (tertiary/aromatic N) is 3. The van der Waals surface area contributed by atoms with Gasteiger partial charge in [-0.1, -0.05) is 0 Å². The van der Waals surface area contributed by atoms with Crippen molar-refractivity contribution in [2.45, 2.75) is 0 Å². The average molecular weight is 458 g/mol. The lowest BCUT2D eigenvalue weighted by Crippen LogP contribution is -2.36. The molecule has 1 aromatic heterocycles. The fourth-order valence-electron chi connectivity index (χ4n) is 2.14. The number of benzene rings is 1. The maximum Gasteiger partial charge on any atom is 0.357 e. The molecule has 15 heteroatoms. The Morgan fingerprint density at radius 1 is 1.43 bits per heavy atom. The molecule has 30 heavy (non-hydrogen) atoms. The van der Waals surface area contributed by atoms with Crippen molar-refractivity contribution in [1.82, 2.24) is 10.3 Å². The van der Waals surface area contributed by atoms with Crippen LogP contribution < -0.4 is 26.4 Å². The SMILES string of the molecule is NCCNC(N)=NCC(=O)Nc1ccc(N(c2scnc2C(=O)O)S(=O)[O-])cc1F. The molecule has 2 aromatic rings. The Morgan fingerprint density at radius 2 is 2.17 bits per heavy atom. The highest BCUT2D eigenvalue weighted by molar-refractivity contribution is 7.81. The van der Waals surface area contributed by atoms with E-state index in [2.05, 4.69) is 20.6 Å². The fourth-order valence-corrected chi connectivity index (χ4v) is 3.67. The Hall–Kier alpha value is -3.14. The first-order chi connectivity index (χ1) is 14.2. The van der Waals surface area contributed by atoms with Gasteiger partial charge in [0.1, 0.15) is 17.4 Å². The molecule has 0 aliphatic heterocycles. The van der Waals surface area contributed by atoms with E-state index in [4.69, 9.17) is 16.6 Å². The van der Waals surface area contributed by atoms with Crippen molar-refractivity contribution < 1.29 is 27.8 Å². The second-order valence-corrected chi connectivity index (χ2v) is 7.08. The number of amides is 1. The number of carbonyl (C=O) groups excluding carboxylic acids is 1. The summed E-state index contributed by atoms with van der Waals surface area (Å²) in [7, 11) is 0. The molecule has 1 unspecified atom stereocenters. The van der Waals surface area contributed by atoms with Crippen LogP contribution in [0.3, 0.4) is 0 Å². The molecule has 0 aliphatic rings. The average Bonchev–Trinajstić information content (AvgIpc) is 3.16. The highest BCUT2D eigenvalue weighted by Gasteiger charge is 2.23. The van der Waals surface area contributed by atoms with Crippen LogP contribution in [-0.4, -0.2) is 56.3 Å². The molecule has 162 valence electrons. The molecule has 1 atom stereocenters. The minimum Gasteiger partial charge on any atom is -0.755 e. The van der Waals surface area contributed by atoms with Gasteiger partial charge in [-0.3, -0.25) is 13.3 Å². The number of halogens is 1. The van der Waals surface area contributed by atoms with E-state index < -0.39 is 34.7 Å². The second kappa shape index (κ2) is 10.6. The zero-order valence-corrected chi connectivity index (χ0v) is 16.8. The van der Waals surface area contributed by atoms with Crippen LogP contribution in [0.4, 0.5) is 20.8 Å². The molecule has 12 nitrogen and oxygen atoms in total. The molecule has 0 saturated carbocycles. The molecular weight excluding hydrogens is 441 g/mol. The van der Waals surface area contributed by atoms with Crippen LogP contribution in [0.25, 0.3) is 0 Å². The van der Waals surface area contributed by atoms with Gasteiger partial charge in [-0.2, -0.15) is 0 Å². The first-order valence-corrected chi connectivity index (χ1v) is 10.0. The summed E-state index contributed by atoms with van der Waals surface area (Å²) in [6, 6.07) is 3.15. The number of guanidine groups is 1. The van der Waals surface area contributed by atoms with Gasteiger partial charge in [0.25, 0.3) is 0 Å². The van der Waals surface area contributed by atoms with Crippen LogP contribution in [0.2, 0.25) is 0 Å². The number of aliphatic imine (C=N–C) groups is 1. The summed E-state index contributed by atoms with van der Waals surface area (Å²) in [6.07, 6.45) is 0. The Labute approximate surface area is 176 Å². The van der Waals surface area contributed by atoms with Gasteiger partial charge in [-0.05, 0) is 12.1 Å². The van der Waals surface area contributed by atoms with Crippen LogP contribution in [0.5, 0.6) is 0 Å². The lowest BCUT2D eigenvalue weighted by atomic mass is 10.2. The monoisotopic (exact) mass is 458 g/mol. The Kier molecular flexibility index (Phi) is 8.16. The number of nitrogens with one attached hydrogen (secondary N) is 2. The summed E-state index contributed by atoms with van der Waals surface area (Å²) < 4.78 is 38.3. The summed E-state index contributed by atoms with van der Waals surface area (Å²) >= 11 is -2.21. The molecule has 0 saturated heterocycles. The molecule has 1 heterocycles. The zero-order valence-electron chi connectivity index (χ0n) is 15.2. The summed E-state index contributed by atoms with van der Waals surface area (Å²) in [6.45, 7) is 0.304. The van der Waals surface area contributed by atoms with E-state index in [0.717, 1.165) is 29.0 Å². The second-order valence-electron chi connectivity index (χ2n) is 5.45. The van der Waals surface area contributed by atoms with Gasteiger partial charge in [-0.15, -0.1) is 11.3 Å². The Balaban J connectivity index is 2.19. The summed E-state index contributed by atoms with van der Waals surface area (Å²) in [5.74, 6) is -3.06. The third kappa shape index (κ3) is 5.93. The maximum absolute atomic E-state index is 14.4. The van der Waals surface area contributed by atoms with Crippen molar-refractivity contribution in [1.29, 1.82) is 0 Å². The molecular formula is C15H17FN7O5S2-. The standard InChI is InChI=1S/C15H18FN7O5S2/c16-9-5-8(23(30(27)28)13-12(14(25)26)21-7-29-13)1-2-10(9)22-11(24)6-20-15(18)19-4-3-17/h1-2,5,7H,3-4,6,17H2,(H,22,24)(H,25,26)(H,27,28)(H3,18,19,20)/p-1. The summed E-state index contributed by atoms with van der Waals surface area (Å²) in [4.78, 5) is 30.5. The molecule has 1 amide bonds. The molecule has 0 fully saturated rings. The highest BCUT2D eigenvalue weighted by atomic mass is 32.2. The van der Waals surface area contributed by atoms with Crippen LogP contribution >= 0.6 is 11.3 Å². The number of aromatic carboxylic acids is 1. The van der Waals surface area contributed by atoms with E-state index in [1.165, 1.54) is 6.07 Å². The van der Waals surface area contributed by atoms with Crippen molar-refractivity contribution in [2.24, 2.45) is 16.5 Å². The first-order valence-electron chi connectivity index (χ1n) is 8.14. The van der Waals surface area contributed by atoms with Crippen molar-refractivity contribution in [2.75, 3.05) is 29.3 Å². The van der Waals surface area contributed by atoms with Gasteiger partial charge < -0.3 is 31.8 Å². The van der Waals surface area contributed by atoms with Crippen molar-refractivity contribution in [3.8, 4) is 0 Å². The van der Waals surface area contributed by atoms with E-state index in [0.29, 0.717) is 17.4 Å². The predicted molar refractivity (Wildman–Crippen MR) is 109 cm³/mol. The highest BCUT2D eigenvalue weighted by Crippen LogP contribution is 2.34. The quantitative estimate of drug-likeness (QED) is 0.190. The topological polar surface area (TPSA) is 199 Å². The van der Waals surface area contributed by atoms with E-state index in [1.807, 2.05) is 0 Å². The number of hydrogen-bond donors (Lipinski definition) is 5. The smallest absolute Gasteiger partial charge is 0.357 e. The maximum atomic E-state index is 14.4. The van der Waals surface area contributed by atoms with Crippen LogP contribution in [-0.2, 0) is 16.1 Å². The van der Waals surface area contributed by atoms with E-state index in [9.17, 15) is 22.7 Å². The van der Waals surface area contributed by atoms with E-state index in [1.54, 1.807) is 0 Å². The van der Waals surface area contributed by atoms with Gasteiger partial charge in [0.05, 0.1) is 28.2 Å². The number of aromatic nitrogens is 1. The van der Waals surface area contributed by atoms with Crippen LogP contribution in [0.1, 0.15) is 10.5 Å². The number of carbonyl (C=O) groups is 2. The number of thiazole rings is 1. The largest absolute Gasteiger partial charge is 0.755 e. The molecule has 0 aliphatic carbocycles. The van der Waals surface area contributed by atoms with Gasteiger partial charge >= 0.3 is 5.97 Å². The summed E-state index contributed by atoms with van der Waals surface area (Å²) in [5.41, 5.74) is 11.0. The molecule has 0 radical (unpaired) electrons.